The van der Waals surface area contributed by atoms with Crippen molar-refractivity contribution in [1.29, 1.82) is 0 Å². The summed E-state index contributed by atoms with van der Waals surface area (Å²) in [4.78, 5) is 0. The van der Waals surface area contributed by atoms with Crippen molar-refractivity contribution in [1.82, 2.24) is 4.57 Å². The van der Waals surface area contributed by atoms with E-state index in [0.717, 1.165) is 22.3 Å². The summed E-state index contributed by atoms with van der Waals surface area (Å²) in [5.41, 5.74) is 8.82. The quantitative estimate of drug-likeness (QED) is 0.713. The Bertz CT molecular complexity index is 806. The van der Waals surface area contributed by atoms with Crippen LogP contribution in [0.4, 0.5) is 5.69 Å². The highest BCUT2D eigenvalue weighted by Crippen LogP contribution is 2.29. The molecule has 1 aromatic heterocycles. The lowest BCUT2D eigenvalue weighted by molar-refractivity contribution is 0.278. The number of hydrogen-bond acceptors (Lipinski definition) is 3. The highest BCUT2D eigenvalue weighted by molar-refractivity contribution is 5.84. The molecule has 0 atom stereocenters. The van der Waals surface area contributed by atoms with E-state index >= 15 is 0 Å². The number of nitrogen functional groups attached to an aromatic ring is 1. The van der Waals surface area contributed by atoms with Crippen molar-refractivity contribution in [3.8, 4) is 11.5 Å². The minimum absolute atomic E-state index is 0.152. The molecule has 1 heterocycles. The Balaban J connectivity index is 1.96. The highest BCUT2D eigenvalue weighted by atomic mass is 16.5. The maximum absolute atomic E-state index is 9.79. The smallest absolute Gasteiger partial charge is 0.161 e. The summed E-state index contributed by atoms with van der Waals surface area (Å²) in [5, 5.41) is 10.9. The van der Waals surface area contributed by atoms with Gasteiger partial charge in [0.05, 0.1) is 11.2 Å². The van der Waals surface area contributed by atoms with Crippen molar-refractivity contribution in [2.24, 2.45) is 0 Å². The maximum Gasteiger partial charge on any atom is 0.161 e. The fourth-order valence-corrected chi connectivity index (χ4v) is 2.75. The van der Waals surface area contributed by atoms with Crippen LogP contribution in [0.2, 0.25) is 0 Å². The molecule has 0 aliphatic heterocycles. The molecule has 0 unspecified atom stereocenters. The number of anilines is 1. The molecule has 0 amide bonds. The van der Waals surface area contributed by atoms with Crippen LogP contribution in [0.25, 0.3) is 10.9 Å². The lowest BCUT2D eigenvalue weighted by atomic mass is 10.2. The van der Waals surface area contributed by atoms with Gasteiger partial charge >= 0.3 is 0 Å². The van der Waals surface area contributed by atoms with Gasteiger partial charge in [-0.15, -0.1) is 0 Å². The minimum atomic E-state index is 0.152. The van der Waals surface area contributed by atoms with E-state index in [9.17, 15) is 5.11 Å². The number of phenolic OH excluding ortho intramolecular Hbond substituents is 1. The zero-order valence-corrected chi connectivity index (χ0v) is 12.8. The van der Waals surface area contributed by atoms with Crippen LogP contribution >= 0.6 is 0 Å². The third-order valence-corrected chi connectivity index (χ3v) is 3.70. The number of para-hydroxylation sites is 2. The van der Waals surface area contributed by atoms with E-state index in [2.05, 4.69) is 24.5 Å². The summed E-state index contributed by atoms with van der Waals surface area (Å²) in [6.45, 7) is 4.66. The van der Waals surface area contributed by atoms with Crippen molar-refractivity contribution in [2.75, 3.05) is 5.73 Å². The van der Waals surface area contributed by atoms with Gasteiger partial charge in [0.15, 0.2) is 11.5 Å². The lowest BCUT2D eigenvalue weighted by Gasteiger charge is -2.15. The van der Waals surface area contributed by atoms with E-state index in [0.29, 0.717) is 18.4 Å². The maximum atomic E-state index is 9.79. The van der Waals surface area contributed by atoms with Crippen molar-refractivity contribution in [2.45, 2.75) is 26.5 Å². The van der Waals surface area contributed by atoms with Gasteiger partial charge in [-0.3, -0.25) is 0 Å². The summed E-state index contributed by atoms with van der Waals surface area (Å²) >= 11 is 0. The van der Waals surface area contributed by atoms with Gasteiger partial charge in [0.1, 0.15) is 6.61 Å². The van der Waals surface area contributed by atoms with Crippen LogP contribution in [0.5, 0.6) is 11.5 Å². The molecular weight excluding hydrogens is 276 g/mol. The molecule has 3 N–H and O–H groups in total. The van der Waals surface area contributed by atoms with E-state index < -0.39 is 0 Å². The van der Waals surface area contributed by atoms with Gasteiger partial charge in [0, 0.05) is 17.1 Å². The first-order valence-electron chi connectivity index (χ1n) is 7.36. The number of benzene rings is 2. The molecule has 0 saturated heterocycles. The number of fused-ring (bicyclic) bond motifs is 1. The van der Waals surface area contributed by atoms with Crippen LogP contribution in [-0.4, -0.2) is 9.67 Å². The lowest BCUT2D eigenvalue weighted by Crippen LogP contribution is -2.08. The number of rotatable bonds is 4. The Kier molecular flexibility index (Phi) is 3.67. The van der Waals surface area contributed by atoms with Gasteiger partial charge in [0.25, 0.3) is 0 Å². The summed E-state index contributed by atoms with van der Waals surface area (Å²) in [5.74, 6) is 0.640. The molecular formula is C18H20N2O2. The average Bonchev–Trinajstić information content (AvgIpc) is 2.84. The standard InChI is InChI=1S/C18H20N2O2/c1-12(2)20-15(9-13-7-8-14(19)10-16(13)20)11-22-18-6-4-3-5-17(18)21/h3-10,12,21H,11,19H2,1-2H3. The zero-order chi connectivity index (χ0) is 15.7. The van der Waals surface area contributed by atoms with Crippen LogP contribution < -0.4 is 10.5 Å². The van der Waals surface area contributed by atoms with Crippen LogP contribution in [0.15, 0.2) is 48.5 Å². The Morgan fingerprint density at radius 1 is 1.14 bits per heavy atom. The van der Waals surface area contributed by atoms with Crippen molar-refractivity contribution in [3.05, 3.63) is 54.2 Å². The summed E-state index contributed by atoms with van der Waals surface area (Å²) in [7, 11) is 0. The molecule has 0 fully saturated rings. The molecule has 0 radical (unpaired) electrons. The van der Waals surface area contributed by atoms with E-state index in [-0.39, 0.29) is 5.75 Å². The zero-order valence-electron chi connectivity index (χ0n) is 12.8. The predicted molar refractivity (Wildman–Crippen MR) is 89.2 cm³/mol. The number of aromatic hydroxyl groups is 1. The molecule has 114 valence electrons. The third kappa shape index (κ3) is 2.60. The Labute approximate surface area is 129 Å². The van der Waals surface area contributed by atoms with E-state index in [4.69, 9.17) is 10.5 Å². The molecule has 0 saturated carbocycles. The number of nitrogens with two attached hydrogens (primary N) is 1. The van der Waals surface area contributed by atoms with E-state index in [1.807, 2.05) is 24.3 Å². The molecule has 3 rings (SSSR count). The molecule has 4 heteroatoms. The largest absolute Gasteiger partial charge is 0.504 e. The van der Waals surface area contributed by atoms with Crippen LogP contribution in [0, 0.1) is 0 Å². The first-order valence-corrected chi connectivity index (χ1v) is 7.36. The van der Waals surface area contributed by atoms with Gasteiger partial charge in [-0.05, 0) is 44.2 Å². The molecule has 2 aromatic carbocycles. The van der Waals surface area contributed by atoms with Crippen molar-refractivity contribution < 1.29 is 9.84 Å². The van der Waals surface area contributed by atoms with Crippen molar-refractivity contribution >= 4 is 16.6 Å². The number of nitrogens with zero attached hydrogens (tertiary/aromatic N) is 1. The monoisotopic (exact) mass is 296 g/mol. The Hall–Kier alpha value is -2.62. The SMILES string of the molecule is CC(C)n1c(COc2ccccc2O)cc2ccc(N)cc21. The predicted octanol–water partition coefficient (Wildman–Crippen LogP) is 4.09. The molecule has 4 nitrogen and oxygen atoms in total. The molecule has 0 aliphatic rings. The van der Waals surface area contributed by atoms with Crippen LogP contribution in [0.3, 0.4) is 0 Å². The number of ether oxygens (including phenoxy) is 1. The van der Waals surface area contributed by atoms with Gasteiger partial charge in [-0.2, -0.15) is 0 Å². The van der Waals surface area contributed by atoms with E-state index in [1.165, 1.54) is 0 Å². The fraction of sp³-hybridized carbons (Fsp3) is 0.222. The van der Waals surface area contributed by atoms with Crippen molar-refractivity contribution in [3.63, 3.8) is 0 Å². The normalized spacial score (nSPS) is 11.2. The van der Waals surface area contributed by atoms with Crippen LogP contribution in [-0.2, 0) is 6.61 Å². The van der Waals surface area contributed by atoms with Gasteiger partial charge < -0.3 is 20.1 Å². The van der Waals surface area contributed by atoms with Gasteiger partial charge in [-0.25, -0.2) is 0 Å². The summed E-state index contributed by atoms with van der Waals surface area (Å²) in [6.07, 6.45) is 0. The third-order valence-electron chi connectivity index (χ3n) is 3.70. The average molecular weight is 296 g/mol. The number of phenols is 1. The molecule has 0 spiro atoms. The summed E-state index contributed by atoms with van der Waals surface area (Å²) in [6, 6.07) is 15.3. The number of hydrogen-bond donors (Lipinski definition) is 2. The molecule has 0 bridgehead atoms. The second kappa shape index (κ2) is 5.64. The Morgan fingerprint density at radius 2 is 1.91 bits per heavy atom. The fourth-order valence-electron chi connectivity index (χ4n) is 2.75. The first kappa shape index (κ1) is 14.3. The molecule has 22 heavy (non-hydrogen) atoms. The first-order chi connectivity index (χ1) is 10.6. The second-order valence-electron chi connectivity index (χ2n) is 5.67. The van der Waals surface area contributed by atoms with Gasteiger partial charge in [-0.1, -0.05) is 18.2 Å². The Morgan fingerprint density at radius 3 is 2.64 bits per heavy atom. The topological polar surface area (TPSA) is 60.4 Å². The summed E-state index contributed by atoms with van der Waals surface area (Å²) < 4.78 is 7.99. The van der Waals surface area contributed by atoms with Crippen LogP contribution in [0.1, 0.15) is 25.6 Å². The second-order valence-corrected chi connectivity index (χ2v) is 5.67. The molecule has 0 aliphatic carbocycles. The molecule has 3 aromatic rings. The minimum Gasteiger partial charge on any atom is -0.504 e. The van der Waals surface area contributed by atoms with Gasteiger partial charge in [0.2, 0.25) is 0 Å². The number of aromatic nitrogens is 1. The highest BCUT2D eigenvalue weighted by Gasteiger charge is 2.13. The van der Waals surface area contributed by atoms with E-state index in [1.54, 1.807) is 18.2 Å².